The van der Waals surface area contributed by atoms with Crippen molar-refractivity contribution in [1.82, 2.24) is 5.32 Å². The molecule has 0 saturated carbocycles. The predicted molar refractivity (Wildman–Crippen MR) is 108 cm³/mol. The molecule has 1 N–H and O–H groups in total. The van der Waals surface area contributed by atoms with Gasteiger partial charge in [0, 0.05) is 31.2 Å². The van der Waals surface area contributed by atoms with Crippen LogP contribution in [0.15, 0.2) is 47.4 Å². The molecule has 6 nitrogen and oxygen atoms in total. The Morgan fingerprint density at radius 2 is 1.81 bits per heavy atom. The van der Waals surface area contributed by atoms with E-state index in [1.165, 1.54) is 7.11 Å². The quantitative estimate of drug-likeness (QED) is 0.554. The standard InChI is InChI=1S/C20H24N2O4S/c1-22(2)15-7-5-14(6-8-15)12-21-19(23)13-26-20(24)17-10-9-16(27-4)11-18(17)25-3/h5-11H,12-13H2,1-4H3,(H,21,23). The minimum absolute atomic E-state index is 0.294. The van der Waals surface area contributed by atoms with Crippen molar-refractivity contribution in [1.29, 1.82) is 0 Å². The summed E-state index contributed by atoms with van der Waals surface area (Å²) in [6.45, 7) is 0.0257. The van der Waals surface area contributed by atoms with Crippen LogP contribution in [0, 0.1) is 0 Å². The molecule has 0 aliphatic carbocycles. The van der Waals surface area contributed by atoms with Crippen LogP contribution in [0.25, 0.3) is 0 Å². The zero-order valence-electron chi connectivity index (χ0n) is 15.9. The SMILES string of the molecule is COc1cc(SC)ccc1C(=O)OCC(=O)NCc1ccc(N(C)C)cc1. The molecule has 0 aliphatic rings. The minimum Gasteiger partial charge on any atom is -0.496 e. The maximum atomic E-state index is 12.2. The lowest BCUT2D eigenvalue weighted by Gasteiger charge is -2.13. The van der Waals surface area contributed by atoms with Crippen LogP contribution in [-0.4, -0.2) is 45.9 Å². The monoisotopic (exact) mass is 388 g/mol. The third kappa shape index (κ3) is 5.92. The van der Waals surface area contributed by atoms with Crippen LogP contribution in [-0.2, 0) is 16.1 Å². The van der Waals surface area contributed by atoms with E-state index in [0.29, 0.717) is 17.9 Å². The van der Waals surface area contributed by atoms with Crippen molar-refractivity contribution in [3.05, 3.63) is 53.6 Å². The number of ether oxygens (including phenoxy) is 2. The van der Waals surface area contributed by atoms with E-state index in [0.717, 1.165) is 16.1 Å². The molecule has 0 spiro atoms. The van der Waals surface area contributed by atoms with Crippen LogP contribution < -0.4 is 15.0 Å². The van der Waals surface area contributed by atoms with E-state index in [1.807, 2.05) is 49.5 Å². The molecule has 0 bridgehead atoms. The van der Waals surface area contributed by atoms with Crippen molar-refractivity contribution < 1.29 is 19.1 Å². The first-order valence-electron chi connectivity index (χ1n) is 8.36. The molecule has 2 aromatic carbocycles. The third-order valence-electron chi connectivity index (χ3n) is 3.91. The van der Waals surface area contributed by atoms with Gasteiger partial charge >= 0.3 is 5.97 Å². The maximum Gasteiger partial charge on any atom is 0.342 e. The summed E-state index contributed by atoms with van der Waals surface area (Å²) in [6.07, 6.45) is 1.94. The molecule has 0 saturated heterocycles. The van der Waals surface area contributed by atoms with Crippen LogP contribution in [0.1, 0.15) is 15.9 Å². The number of anilines is 1. The molecule has 7 heteroatoms. The van der Waals surface area contributed by atoms with Crippen molar-refractivity contribution in [2.75, 3.05) is 39.0 Å². The van der Waals surface area contributed by atoms with Crippen LogP contribution >= 0.6 is 11.8 Å². The number of esters is 1. The van der Waals surface area contributed by atoms with Gasteiger partial charge in [-0.15, -0.1) is 11.8 Å². The summed E-state index contributed by atoms with van der Waals surface area (Å²) in [6, 6.07) is 13.1. The van der Waals surface area contributed by atoms with Gasteiger partial charge in [-0.3, -0.25) is 4.79 Å². The lowest BCUT2D eigenvalue weighted by atomic mass is 10.2. The molecule has 2 rings (SSSR count). The third-order valence-corrected chi connectivity index (χ3v) is 4.63. The molecule has 2 aromatic rings. The second-order valence-corrected chi connectivity index (χ2v) is 6.86. The van der Waals surface area contributed by atoms with E-state index in [4.69, 9.17) is 9.47 Å². The zero-order chi connectivity index (χ0) is 19.8. The minimum atomic E-state index is -0.593. The number of carbonyl (C=O) groups excluding carboxylic acids is 2. The summed E-state index contributed by atoms with van der Waals surface area (Å²) in [7, 11) is 5.42. The van der Waals surface area contributed by atoms with Gasteiger partial charge in [0.2, 0.25) is 0 Å². The van der Waals surface area contributed by atoms with Crippen LogP contribution in [0.3, 0.4) is 0 Å². The molecule has 0 unspecified atom stereocenters. The molecular weight excluding hydrogens is 364 g/mol. The molecule has 0 aliphatic heterocycles. The summed E-state index contributed by atoms with van der Waals surface area (Å²) < 4.78 is 10.3. The van der Waals surface area contributed by atoms with Crippen molar-refractivity contribution in [3.8, 4) is 5.75 Å². The van der Waals surface area contributed by atoms with Crippen LogP contribution in [0.5, 0.6) is 5.75 Å². The number of rotatable bonds is 8. The van der Waals surface area contributed by atoms with E-state index in [1.54, 1.807) is 30.0 Å². The topological polar surface area (TPSA) is 67.9 Å². The van der Waals surface area contributed by atoms with Gasteiger partial charge in [-0.05, 0) is 42.2 Å². The number of benzene rings is 2. The Labute approximate surface area is 163 Å². The Morgan fingerprint density at radius 3 is 2.41 bits per heavy atom. The van der Waals surface area contributed by atoms with Gasteiger partial charge in [0.1, 0.15) is 11.3 Å². The molecule has 0 aromatic heterocycles. The van der Waals surface area contributed by atoms with Gasteiger partial charge in [-0.25, -0.2) is 4.79 Å². The van der Waals surface area contributed by atoms with Crippen molar-refractivity contribution >= 4 is 29.3 Å². The fourth-order valence-corrected chi connectivity index (χ4v) is 2.77. The van der Waals surface area contributed by atoms with Crippen molar-refractivity contribution in [3.63, 3.8) is 0 Å². The van der Waals surface area contributed by atoms with Gasteiger partial charge in [0.05, 0.1) is 7.11 Å². The zero-order valence-corrected chi connectivity index (χ0v) is 16.8. The lowest BCUT2D eigenvalue weighted by molar-refractivity contribution is -0.124. The largest absolute Gasteiger partial charge is 0.496 e. The van der Waals surface area contributed by atoms with Gasteiger partial charge in [0.25, 0.3) is 5.91 Å². The number of thioether (sulfide) groups is 1. The Kier molecular flexibility index (Phi) is 7.55. The number of hydrogen-bond donors (Lipinski definition) is 1. The lowest BCUT2D eigenvalue weighted by Crippen LogP contribution is -2.28. The van der Waals surface area contributed by atoms with E-state index in [2.05, 4.69) is 5.32 Å². The number of hydrogen-bond acceptors (Lipinski definition) is 6. The second-order valence-electron chi connectivity index (χ2n) is 5.98. The predicted octanol–water partition coefficient (Wildman–Crippen LogP) is 2.96. The van der Waals surface area contributed by atoms with Crippen LogP contribution in [0.2, 0.25) is 0 Å². The number of carbonyl (C=O) groups is 2. The molecule has 1 amide bonds. The Bertz CT molecular complexity index is 791. The van der Waals surface area contributed by atoms with Gasteiger partial charge in [-0.1, -0.05) is 12.1 Å². The Hall–Kier alpha value is -2.67. The second kappa shape index (κ2) is 9.87. The first-order valence-corrected chi connectivity index (χ1v) is 9.59. The average molecular weight is 388 g/mol. The highest BCUT2D eigenvalue weighted by Crippen LogP contribution is 2.25. The highest BCUT2D eigenvalue weighted by atomic mass is 32.2. The first-order chi connectivity index (χ1) is 12.9. The fourth-order valence-electron chi connectivity index (χ4n) is 2.34. The summed E-state index contributed by atoms with van der Waals surface area (Å²) in [5.41, 5.74) is 2.34. The summed E-state index contributed by atoms with van der Waals surface area (Å²) in [5.74, 6) is -0.530. The van der Waals surface area contributed by atoms with Gasteiger partial charge < -0.3 is 19.7 Å². The highest BCUT2D eigenvalue weighted by molar-refractivity contribution is 7.98. The van der Waals surface area contributed by atoms with Gasteiger partial charge in [0.15, 0.2) is 6.61 Å². The van der Waals surface area contributed by atoms with Crippen molar-refractivity contribution in [2.45, 2.75) is 11.4 Å². The number of methoxy groups -OCH3 is 1. The van der Waals surface area contributed by atoms with E-state index in [-0.39, 0.29) is 12.5 Å². The average Bonchev–Trinajstić information content (AvgIpc) is 2.70. The highest BCUT2D eigenvalue weighted by Gasteiger charge is 2.15. The molecule has 0 radical (unpaired) electrons. The molecular formula is C20H24N2O4S. The van der Waals surface area contributed by atoms with E-state index < -0.39 is 5.97 Å². The van der Waals surface area contributed by atoms with Gasteiger partial charge in [-0.2, -0.15) is 0 Å². The normalized spacial score (nSPS) is 10.2. The summed E-state index contributed by atoms with van der Waals surface area (Å²) in [4.78, 5) is 27.1. The first kappa shape index (κ1) is 20.6. The van der Waals surface area contributed by atoms with E-state index in [9.17, 15) is 9.59 Å². The molecule has 0 atom stereocenters. The summed E-state index contributed by atoms with van der Waals surface area (Å²) >= 11 is 1.54. The van der Waals surface area contributed by atoms with Crippen LogP contribution in [0.4, 0.5) is 5.69 Å². The fraction of sp³-hybridized carbons (Fsp3) is 0.300. The molecule has 144 valence electrons. The number of nitrogens with zero attached hydrogens (tertiary/aromatic N) is 1. The Balaban J connectivity index is 1.85. The van der Waals surface area contributed by atoms with E-state index >= 15 is 0 Å². The Morgan fingerprint density at radius 1 is 1.11 bits per heavy atom. The smallest absolute Gasteiger partial charge is 0.342 e. The van der Waals surface area contributed by atoms with Crippen molar-refractivity contribution in [2.24, 2.45) is 0 Å². The molecule has 0 heterocycles. The molecule has 0 fully saturated rings. The number of amides is 1. The summed E-state index contributed by atoms with van der Waals surface area (Å²) in [5, 5.41) is 2.74. The maximum absolute atomic E-state index is 12.2. The number of nitrogens with one attached hydrogen (secondary N) is 1. The molecule has 27 heavy (non-hydrogen) atoms.